The molecule has 12 nitrogen and oxygen atoms in total. The first-order valence-corrected chi connectivity index (χ1v) is 14.1. The molecule has 2 aliphatic heterocycles. The van der Waals surface area contributed by atoms with Crippen molar-refractivity contribution in [2.75, 3.05) is 26.2 Å². The summed E-state index contributed by atoms with van der Waals surface area (Å²) in [5, 5.41) is 23.9. The van der Waals surface area contributed by atoms with E-state index in [2.05, 4.69) is 10.2 Å². The molecule has 3 heterocycles. The van der Waals surface area contributed by atoms with Gasteiger partial charge in [0.2, 0.25) is 5.91 Å². The van der Waals surface area contributed by atoms with Crippen molar-refractivity contribution in [3.05, 3.63) is 105 Å². The Kier molecular flexibility index (Phi) is 9.46. The molecule has 43 heavy (non-hydrogen) atoms. The molecule has 2 aromatic carbocycles. The second kappa shape index (κ2) is 13.4. The number of rotatable bonds is 8. The number of aliphatic hydroxyl groups is 2. The van der Waals surface area contributed by atoms with Gasteiger partial charge in [0.05, 0.1) is 0 Å². The van der Waals surface area contributed by atoms with E-state index in [0.717, 1.165) is 22.4 Å². The SMILES string of the molecule is O=C(N[C@H](Cc1ccccc1)C(=O)N1CCCN(Cc2ccccc2F)CC1)[C@H]1O[C@@H](n2ccc(=O)[nH]c2=O)[C@H](O)[C@@H]1O. The quantitative estimate of drug-likeness (QED) is 0.278. The lowest BCUT2D eigenvalue weighted by atomic mass is 10.0. The number of amides is 2. The molecule has 228 valence electrons. The van der Waals surface area contributed by atoms with E-state index in [0.29, 0.717) is 44.7 Å². The fourth-order valence-corrected chi connectivity index (χ4v) is 5.47. The number of halogens is 1. The van der Waals surface area contributed by atoms with E-state index < -0.39 is 47.7 Å². The van der Waals surface area contributed by atoms with Crippen LogP contribution >= 0.6 is 0 Å². The van der Waals surface area contributed by atoms with Gasteiger partial charge in [-0.05, 0) is 18.1 Å². The van der Waals surface area contributed by atoms with Crippen LogP contribution in [-0.2, 0) is 27.3 Å². The summed E-state index contributed by atoms with van der Waals surface area (Å²) < 4.78 is 20.7. The number of aromatic nitrogens is 2. The van der Waals surface area contributed by atoms with E-state index in [1.165, 1.54) is 6.07 Å². The molecular weight excluding hydrogens is 561 g/mol. The van der Waals surface area contributed by atoms with Crippen molar-refractivity contribution in [1.82, 2.24) is 24.7 Å². The van der Waals surface area contributed by atoms with Crippen LogP contribution in [0.3, 0.4) is 0 Å². The van der Waals surface area contributed by atoms with E-state index in [1.807, 2.05) is 35.3 Å². The second-order valence-corrected chi connectivity index (χ2v) is 10.7. The normalized spacial score (nSPS) is 23.5. The van der Waals surface area contributed by atoms with Gasteiger partial charge in [-0.1, -0.05) is 48.5 Å². The van der Waals surface area contributed by atoms with Gasteiger partial charge in [0.25, 0.3) is 11.5 Å². The van der Waals surface area contributed by atoms with Crippen LogP contribution in [0, 0.1) is 5.82 Å². The van der Waals surface area contributed by atoms with E-state index in [-0.39, 0.29) is 18.1 Å². The van der Waals surface area contributed by atoms with Crippen LogP contribution in [0.5, 0.6) is 0 Å². The number of aromatic amines is 1. The smallest absolute Gasteiger partial charge is 0.330 e. The number of carbonyl (C=O) groups is 2. The highest BCUT2D eigenvalue weighted by atomic mass is 19.1. The minimum absolute atomic E-state index is 0.162. The number of ether oxygens (including phenoxy) is 1. The van der Waals surface area contributed by atoms with Gasteiger partial charge in [-0.3, -0.25) is 28.8 Å². The number of aliphatic hydroxyl groups excluding tert-OH is 2. The summed E-state index contributed by atoms with van der Waals surface area (Å²) in [6.45, 7) is 2.40. The average molecular weight is 596 g/mol. The number of hydrogen-bond donors (Lipinski definition) is 4. The predicted molar refractivity (Wildman–Crippen MR) is 152 cm³/mol. The van der Waals surface area contributed by atoms with Crippen molar-refractivity contribution in [2.45, 2.75) is 50.0 Å². The second-order valence-electron chi connectivity index (χ2n) is 10.7. The van der Waals surface area contributed by atoms with Gasteiger partial charge in [0, 0.05) is 57.0 Å². The predicted octanol–water partition coefficient (Wildman–Crippen LogP) is -0.243. The Labute approximate surface area is 246 Å². The van der Waals surface area contributed by atoms with Crippen LogP contribution in [0.2, 0.25) is 0 Å². The topological polar surface area (TPSA) is 157 Å². The molecule has 5 rings (SSSR count). The maximum absolute atomic E-state index is 14.2. The average Bonchev–Trinajstić information content (AvgIpc) is 3.14. The molecule has 2 aliphatic rings. The monoisotopic (exact) mass is 595 g/mol. The van der Waals surface area contributed by atoms with Crippen molar-refractivity contribution >= 4 is 11.8 Å². The number of carbonyl (C=O) groups excluding carboxylic acids is 2. The van der Waals surface area contributed by atoms with Gasteiger partial charge >= 0.3 is 5.69 Å². The third-order valence-electron chi connectivity index (χ3n) is 7.77. The molecule has 1 aromatic heterocycles. The van der Waals surface area contributed by atoms with Crippen LogP contribution in [0.1, 0.15) is 23.8 Å². The molecule has 13 heteroatoms. The minimum Gasteiger partial charge on any atom is -0.387 e. The fraction of sp³-hybridized carbons (Fsp3) is 0.400. The maximum Gasteiger partial charge on any atom is 0.330 e. The van der Waals surface area contributed by atoms with Crippen molar-refractivity contribution in [2.24, 2.45) is 0 Å². The highest BCUT2D eigenvalue weighted by Crippen LogP contribution is 2.28. The highest BCUT2D eigenvalue weighted by Gasteiger charge is 2.48. The van der Waals surface area contributed by atoms with Crippen LogP contribution < -0.4 is 16.6 Å². The Morgan fingerprint density at radius 2 is 1.72 bits per heavy atom. The first-order valence-electron chi connectivity index (χ1n) is 14.1. The standard InChI is InChI=1S/C30H34FN5O7/c31-21-10-5-4-9-20(21)18-34-12-6-13-35(16-15-34)28(41)22(17-19-7-2-1-3-8-19)32-27(40)26-24(38)25(39)29(43-26)36-14-11-23(37)33-30(36)42/h1-5,7-11,14,22,24-26,29,38-39H,6,12-13,15-18H2,(H,32,40)(H,33,37,42)/t22-,24+,25-,26+,29-/m1/s1. The maximum atomic E-state index is 14.2. The van der Waals surface area contributed by atoms with Gasteiger partial charge in [0.15, 0.2) is 12.3 Å². The molecule has 2 saturated heterocycles. The summed E-state index contributed by atoms with van der Waals surface area (Å²) in [6.07, 6.45) is -4.49. The van der Waals surface area contributed by atoms with Gasteiger partial charge in [0.1, 0.15) is 24.1 Å². The zero-order valence-corrected chi connectivity index (χ0v) is 23.3. The lowest BCUT2D eigenvalue weighted by Gasteiger charge is -2.28. The first kappa shape index (κ1) is 30.3. The first-order chi connectivity index (χ1) is 20.7. The van der Waals surface area contributed by atoms with E-state index in [9.17, 15) is 33.8 Å². The molecule has 0 radical (unpaired) electrons. The van der Waals surface area contributed by atoms with Crippen LogP contribution in [0.4, 0.5) is 4.39 Å². The summed E-state index contributed by atoms with van der Waals surface area (Å²) in [5.41, 5.74) is -0.166. The van der Waals surface area contributed by atoms with Crippen LogP contribution in [0.15, 0.2) is 76.4 Å². The molecular formula is C30H34FN5O7. The Hall–Kier alpha value is -4.17. The van der Waals surface area contributed by atoms with E-state index in [1.54, 1.807) is 23.1 Å². The third kappa shape index (κ3) is 7.08. The summed E-state index contributed by atoms with van der Waals surface area (Å²) in [4.78, 5) is 56.7. The number of benzene rings is 2. The Morgan fingerprint density at radius 1 is 0.977 bits per heavy atom. The number of hydrogen-bond acceptors (Lipinski definition) is 8. The molecule has 0 bridgehead atoms. The number of nitrogens with one attached hydrogen (secondary N) is 2. The van der Waals surface area contributed by atoms with Crippen molar-refractivity contribution < 1.29 is 28.9 Å². The summed E-state index contributed by atoms with van der Waals surface area (Å²) >= 11 is 0. The minimum atomic E-state index is -1.71. The largest absolute Gasteiger partial charge is 0.387 e. The Bertz CT molecular complexity index is 1550. The van der Waals surface area contributed by atoms with Crippen molar-refractivity contribution in [1.29, 1.82) is 0 Å². The molecule has 4 N–H and O–H groups in total. The van der Waals surface area contributed by atoms with E-state index >= 15 is 0 Å². The molecule has 0 spiro atoms. The molecule has 5 atom stereocenters. The number of H-pyrrole nitrogens is 1. The number of nitrogens with zero attached hydrogens (tertiary/aromatic N) is 3. The van der Waals surface area contributed by atoms with E-state index in [4.69, 9.17) is 4.74 Å². The molecule has 0 saturated carbocycles. The van der Waals surface area contributed by atoms with Gasteiger partial charge in [-0.15, -0.1) is 0 Å². The van der Waals surface area contributed by atoms with Crippen molar-refractivity contribution in [3.8, 4) is 0 Å². The fourth-order valence-electron chi connectivity index (χ4n) is 5.47. The molecule has 0 aliphatic carbocycles. The summed E-state index contributed by atoms with van der Waals surface area (Å²) in [5.74, 6) is -1.44. The lowest BCUT2D eigenvalue weighted by molar-refractivity contribution is -0.143. The van der Waals surface area contributed by atoms with Crippen LogP contribution in [0.25, 0.3) is 0 Å². The molecule has 0 unspecified atom stereocenters. The summed E-state index contributed by atoms with van der Waals surface area (Å²) in [7, 11) is 0. The van der Waals surface area contributed by atoms with Gasteiger partial charge in [-0.2, -0.15) is 0 Å². The third-order valence-corrected chi connectivity index (χ3v) is 7.77. The van der Waals surface area contributed by atoms with Gasteiger partial charge in [-0.25, -0.2) is 9.18 Å². The van der Waals surface area contributed by atoms with Crippen LogP contribution in [-0.4, -0.2) is 91.9 Å². The zero-order valence-electron chi connectivity index (χ0n) is 23.3. The zero-order chi connectivity index (χ0) is 30.5. The van der Waals surface area contributed by atoms with Crippen molar-refractivity contribution in [3.63, 3.8) is 0 Å². The Balaban J connectivity index is 1.29. The molecule has 3 aromatic rings. The summed E-state index contributed by atoms with van der Waals surface area (Å²) in [6, 6.07) is 15.7. The highest BCUT2D eigenvalue weighted by molar-refractivity contribution is 5.90. The molecule has 2 fully saturated rings. The molecule has 2 amide bonds. The lowest BCUT2D eigenvalue weighted by Crippen LogP contribution is -2.54. The van der Waals surface area contributed by atoms with Gasteiger partial charge < -0.3 is 25.2 Å². The Morgan fingerprint density at radius 3 is 2.47 bits per heavy atom.